The minimum absolute atomic E-state index is 0.146. The van der Waals surface area contributed by atoms with Gasteiger partial charge in [0.15, 0.2) is 0 Å². The molecule has 4 rings (SSSR count). The van der Waals surface area contributed by atoms with Gasteiger partial charge in [-0.1, -0.05) is 6.07 Å². The lowest BCUT2D eigenvalue weighted by Crippen LogP contribution is -2.47. The Morgan fingerprint density at radius 2 is 2.15 bits per heavy atom. The third-order valence-electron chi connectivity index (χ3n) is 5.90. The fourth-order valence-electron chi connectivity index (χ4n) is 4.55. The summed E-state index contributed by atoms with van der Waals surface area (Å²) in [6.07, 6.45) is 8.43. The second kappa shape index (κ2) is 8.46. The minimum atomic E-state index is 0.146. The average Bonchev–Trinajstić information content (AvgIpc) is 3.33. The highest BCUT2D eigenvalue weighted by molar-refractivity contribution is 5.77. The van der Waals surface area contributed by atoms with Gasteiger partial charge in [0.25, 0.3) is 0 Å². The van der Waals surface area contributed by atoms with Gasteiger partial charge in [-0.25, -0.2) is 0 Å². The number of aromatic nitrogens is 1. The highest BCUT2D eigenvalue weighted by Gasteiger charge is 2.41. The first-order chi connectivity index (χ1) is 12.8. The number of pyridine rings is 1. The number of carbonyl (C=O) groups excluding carboxylic acids is 1. The molecule has 1 aromatic heterocycles. The van der Waals surface area contributed by atoms with Crippen molar-refractivity contribution in [1.29, 1.82) is 0 Å². The number of nitrogens with zero attached hydrogens (tertiary/aromatic N) is 3. The van der Waals surface area contributed by atoms with E-state index >= 15 is 0 Å². The first-order valence-electron chi connectivity index (χ1n) is 9.89. The van der Waals surface area contributed by atoms with Crippen molar-refractivity contribution >= 4 is 5.91 Å². The number of ether oxygens (including phenoxy) is 2. The molecule has 1 saturated carbocycles. The molecule has 3 heterocycles. The number of hydrogen-bond donors (Lipinski definition) is 0. The summed E-state index contributed by atoms with van der Waals surface area (Å²) < 4.78 is 11.8. The van der Waals surface area contributed by atoms with Crippen LogP contribution < -0.4 is 0 Å². The molecule has 0 aromatic carbocycles. The van der Waals surface area contributed by atoms with Crippen molar-refractivity contribution in [3.05, 3.63) is 30.1 Å². The van der Waals surface area contributed by atoms with E-state index < -0.39 is 0 Å². The summed E-state index contributed by atoms with van der Waals surface area (Å²) in [5.74, 6) is 0.623. The molecule has 0 spiro atoms. The molecule has 6 heteroatoms. The van der Waals surface area contributed by atoms with Crippen molar-refractivity contribution in [2.24, 2.45) is 5.92 Å². The molecule has 3 atom stereocenters. The number of fused-ring (bicyclic) bond motifs is 1. The average molecular weight is 359 g/mol. The van der Waals surface area contributed by atoms with E-state index in [0.29, 0.717) is 24.7 Å². The van der Waals surface area contributed by atoms with E-state index in [0.717, 1.165) is 58.5 Å². The zero-order valence-electron chi connectivity index (χ0n) is 15.4. The Bertz CT molecular complexity index is 591. The van der Waals surface area contributed by atoms with Gasteiger partial charge in [-0.05, 0) is 43.2 Å². The zero-order valence-corrected chi connectivity index (χ0v) is 15.4. The summed E-state index contributed by atoms with van der Waals surface area (Å²) in [6.45, 7) is 5.38. The van der Waals surface area contributed by atoms with Gasteiger partial charge in [0, 0.05) is 44.6 Å². The van der Waals surface area contributed by atoms with Crippen molar-refractivity contribution in [2.75, 3.05) is 39.5 Å². The van der Waals surface area contributed by atoms with E-state index in [1.54, 1.807) is 0 Å². The molecule has 2 saturated heterocycles. The maximum Gasteiger partial charge on any atom is 0.248 e. The molecule has 26 heavy (non-hydrogen) atoms. The molecular formula is C20H29N3O3. The largest absolute Gasteiger partial charge is 0.375 e. The van der Waals surface area contributed by atoms with Gasteiger partial charge in [0.05, 0.1) is 19.3 Å². The van der Waals surface area contributed by atoms with Gasteiger partial charge in [0.2, 0.25) is 5.91 Å². The monoisotopic (exact) mass is 359 g/mol. The van der Waals surface area contributed by atoms with Gasteiger partial charge < -0.3 is 14.4 Å². The topological polar surface area (TPSA) is 54.9 Å². The predicted molar refractivity (Wildman–Crippen MR) is 97.5 cm³/mol. The van der Waals surface area contributed by atoms with Crippen LogP contribution in [0.25, 0.3) is 0 Å². The van der Waals surface area contributed by atoms with Crippen molar-refractivity contribution in [3.8, 4) is 0 Å². The number of morpholine rings is 1. The van der Waals surface area contributed by atoms with Crippen LogP contribution in [0.2, 0.25) is 0 Å². The molecule has 0 N–H and O–H groups in total. The summed E-state index contributed by atoms with van der Waals surface area (Å²) in [4.78, 5) is 20.8. The maximum atomic E-state index is 12.1. The molecule has 6 nitrogen and oxygen atoms in total. The van der Waals surface area contributed by atoms with Gasteiger partial charge in [0.1, 0.15) is 6.61 Å². The fourth-order valence-corrected chi connectivity index (χ4v) is 4.55. The quantitative estimate of drug-likeness (QED) is 0.774. The first-order valence-corrected chi connectivity index (χ1v) is 9.89. The van der Waals surface area contributed by atoms with Crippen molar-refractivity contribution in [2.45, 2.75) is 44.4 Å². The van der Waals surface area contributed by atoms with E-state index in [-0.39, 0.29) is 12.5 Å². The second-order valence-corrected chi connectivity index (χ2v) is 7.75. The third-order valence-corrected chi connectivity index (χ3v) is 5.90. The predicted octanol–water partition coefficient (Wildman–Crippen LogP) is 1.70. The number of likely N-dealkylation sites (tertiary alicyclic amines) is 1. The molecule has 142 valence electrons. The third kappa shape index (κ3) is 4.24. The van der Waals surface area contributed by atoms with Crippen LogP contribution in [-0.2, 0) is 20.8 Å². The van der Waals surface area contributed by atoms with E-state index in [9.17, 15) is 4.79 Å². The Morgan fingerprint density at radius 1 is 1.27 bits per heavy atom. The fraction of sp³-hybridized carbons (Fsp3) is 0.700. The van der Waals surface area contributed by atoms with E-state index in [1.807, 2.05) is 23.4 Å². The Hall–Kier alpha value is -1.50. The van der Waals surface area contributed by atoms with Crippen LogP contribution in [0.15, 0.2) is 24.5 Å². The number of hydrogen-bond acceptors (Lipinski definition) is 5. The first kappa shape index (κ1) is 17.9. The molecular weight excluding hydrogens is 330 g/mol. The number of amides is 1. The molecule has 3 fully saturated rings. The summed E-state index contributed by atoms with van der Waals surface area (Å²) in [5.41, 5.74) is 1.25. The second-order valence-electron chi connectivity index (χ2n) is 7.75. The Morgan fingerprint density at radius 3 is 2.96 bits per heavy atom. The van der Waals surface area contributed by atoms with Crippen LogP contribution in [-0.4, -0.2) is 72.3 Å². The van der Waals surface area contributed by atoms with Gasteiger partial charge in [-0.15, -0.1) is 0 Å². The molecule has 1 amide bonds. The van der Waals surface area contributed by atoms with Crippen LogP contribution in [0.5, 0.6) is 0 Å². The van der Waals surface area contributed by atoms with Crippen molar-refractivity contribution in [3.63, 3.8) is 0 Å². The lowest BCUT2D eigenvalue weighted by molar-refractivity contribution is -0.135. The summed E-state index contributed by atoms with van der Waals surface area (Å²) >= 11 is 0. The number of rotatable bonds is 6. The van der Waals surface area contributed by atoms with Crippen molar-refractivity contribution in [1.82, 2.24) is 14.8 Å². The molecule has 1 aromatic rings. The van der Waals surface area contributed by atoms with Crippen LogP contribution in [0.3, 0.4) is 0 Å². The zero-order chi connectivity index (χ0) is 17.8. The lowest BCUT2D eigenvalue weighted by Gasteiger charge is -2.37. The summed E-state index contributed by atoms with van der Waals surface area (Å²) in [5, 5.41) is 0. The van der Waals surface area contributed by atoms with Gasteiger partial charge in [-0.3, -0.25) is 14.7 Å². The van der Waals surface area contributed by atoms with Crippen LogP contribution in [0.1, 0.15) is 31.2 Å². The van der Waals surface area contributed by atoms with Crippen molar-refractivity contribution < 1.29 is 14.3 Å². The highest BCUT2D eigenvalue weighted by Crippen LogP contribution is 2.35. The SMILES string of the molecule is O=C(COC[C@@H]1C[C@H]2OCCN(Cc3cccnc3)[C@H]2C1)N1CCCC1. The van der Waals surface area contributed by atoms with E-state index in [2.05, 4.69) is 16.0 Å². The van der Waals surface area contributed by atoms with Crippen LogP contribution in [0, 0.1) is 5.92 Å². The lowest BCUT2D eigenvalue weighted by atomic mass is 10.1. The Kier molecular flexibility index (Phi) is 5.82. The maximum absolute atomic E-state index is 12.1. The Labute approximate surface area is 155 Å². The molecule has 1 aliphatic carbocycles. The van der Waals surface area contributed by atoms with E-state index in [1.165, 1.54) is 5.56 Å². The molecule has 3 aliphatic rings. The van der Waals surface area contributed by atoms with Crippen LogP contribution in [0.4, 0.5) is 0 Å². The van der Waals surface area contributed by atoms with Gasteiger partial charge in [-0.2, -0.15) is 0 Å². The summed E-state index contributed by atoms with van der Waals surface area (Å²) in [7, 11) is 0. The van der Waals surface area contributed by atoms with Crippen LogP contribution >= 0.6 is 0 Å². The summed E-state index contributed by atoms with van der Waals surface area (Å²) in [6, 6.07) is 4.58. The normalized spacial score (nSPS) is 29.1. The molecule has 2 aliphatic heterocycles. The van der Waals surface area contributed by atoms with Gasteiger partial charge >= 0.3 is 0 Å². The smallest absolute Gasteiger partial charge is 0.248 e. The number of carbonyl (C=O) groups is 1. The molecule has 0 unspecified atom stereocenters. The molecule has 0 radical (unpaired) electrons. The standard InChI is InChI=1S/C20H29N3O3/c24-20(22-6-1-2-7-22)15-25-14-17-10-18-19(11-17)26-9-8-23(18)13-16-4-3-5-21-12-16/h3-5,12,17-19H,1-2,6-11,13-15H2/t17-,18-,19+/m0/s1. The Balaban J connectivity index is 1.25. The molecule has 0 bridgehead atoms. The van der Waals surface area contributed by atoms with E-state index in [4.69, 9.17) is 9.47 Å². The minimum Gasteiger partial charge on any atom is -0.375 e. The highest BCUT2D eigenvalue weighted by atomic mass is 16.5.